The van der Waals surface area contributed by atoms with E-state index in [2.05, 4.69) is 22.1 Å². The number of fused-ring (bicyclic) bond motifs is 2. The zero-order valence-corrected chi connectivity index (χ0v) is 11.6. The van der Waals surface area contributed by atoms with Crippen LogP contribution in [0.4, 0.5) is 0 Å². The van der Waals surface area contributed by atoms with Gasteiger partial charge in [0.25, 0.3) is 5.91 Å². The van der Waals surface area contributed by atoms with Gasteiger partial charge in [-0.05, 0) is 25.3 Å². The van der Waals surface area contributed by atoms with Gasteiger partial charge >= 0.3 is 0 Å². The first-order valence-electron chi connectivity index (χ1n) is 7.35. The summed E-state index contributed by atoms with van der Waals surface area (Å²) in [5, 5.41) is 4.44. The number of carbonyl (C=O) groups excluding carboxylic acids is 1. The molecule has 4 nitrogen and oxygen atoms in total. The lowest BCUT2D eigenvalue weighted by Crippen LogP contribution is -2.42. The molecule has 20 heavy (non-hydrogen) atoms. The molecule has 2 fully saturated rings. The highest BCUT2D eigenvalue weighted by atomic mass is 16.2. The Kier molecular flexibility index (Phi) is 2.60. The van der Waals surface area contributed by atoms with Gasteiger partial charge < -0.3 is 15.2 Å². The average molecular weight is 269 g/mol. The lowest BCUT2D eigenvalue weighted by atomic mass is 10.0. The second-order valence-electron chi connectivity index (χ2n) is 6.03. The van der Waals surface area contributed by atoms with E-state index in [1.54, 1.807) is 0 Å². The van der Waals surface area contributed by atoms with Gasteiger partial charge in [-0.15, -0.1) is 0 Å². The van der Waals surface area contributed by atoms with Crippen LogP contribution in [0, 0.1) is 5.92 Å². The normalized spacial score (nSPS) is 29.1. The third-order valence-corrected chi connectivity index (χ3v) is 4.83. The lowest BCUT2D eigenvalue weighted by molar-refractivity contribution is 0.0684. The summed E-state index contributed by atoms with van der Waals surface area (Å²) in [4.78, 5) is 18.3. The quantitative estimate of drug-likeness (QED) is 0.831. The molecular weight excluding hydrogens is 250 g/mol. The van der Waals surface area contributed by atoms with E-state index in [1.165, 1.54) is 0 Å². The van der Waals surface area contributed by atoms with E-state index in [0.717, 1.165) is 36.0 Å². The largest absolute Gasteiger partial charge is 0.360 e. The summed E-state index contributed by atoms with van der Waals surface area (Å²) in [6.45, 7) is 4.15. The first kappa shape index (κ1) is 12.0. The number of para-hydroxylation sites is 1. The summed E-state index contributed by atoms with van der Waals surface area (Å²) in [5.74, 6) is 0.797. The molecule has 4 heteroatoms. The summed E-state index contributed by atoms with van der Waals surface area (Å²) in [7, 11) is 0. The van der Waals surface area contributed by atoms with Gasteiger partial charge in [0, 0.05) is 42.3 Å². The van der Waals surface area contributed by atoms with Crippen molar-refractivity contribution in [2.45, 2.75) is 25.4 Å². The molecule has 2 N–H and O–H groups in total. The molecule has 2 aliphatic rings. The smallest absolute Gasteiger partial charge is 0.256 e. The van der Waals surface area contributed by atoms with Crippen LogP contribution in [0.1, 0.15) is 23.7 Å². The van der Waals surface area contributed by atoms with Gasteiger partial charge in [0.2, 0.25) is 0 Å². The molecule has 1 aromatic heterocycles. The van der Waals surface area contributed by atoms with Crippen molar-refractivity contribution in [1.82, 2.24) is 15.2 Å². The minimum Gasteiger partial charge on any atom is -0.360 e. The van der Waals surface area contributed by atoms with Crippen LogP contribution in [0.5, 0.6) is 0 Å². The van der Waals surface area contributed by atoms with Crippen molar-refractivity contribution in [1.29, 1.82) is 0 Å². The Morgan fingerprint density at radius 3 is 3.05 bits per heavy atom. The van der Waals surface area contributed by atoms with E-state index >= 15 is 0 Å². The predicted octanol–water partition coefficient (Wildman–Crippen LogP) is 1.99. The van der Waals surface area contributed by atoms with Crippen molar-refractivity contribution in [2.75, 3.05) is 13.1 Å². The fraction of sp³-hybridized carbons (Fsp3) is 0.438. The Morgan fingerprint density at radius 2 is 2.15 bits per heavy atom. The molecular formula is C16H19N3O. The molecule has 104 valence electrons. The SMILES string of the molecule is CC1CC2CNCC2N1C(=O)c1c[nH]c2ccccc12. The molecule has 1 aromatic carbocycles. The van der Waals surface area contributed by atoms with Gasteiger partial charge in [0.1, 0.15) is 0 Å². The molecule has 0 bridgehead atoms. The van der Waals surface area contributed by atoms with Gasteiger partial charge in [0.05, 0.1) is 5.56 Å². The fourth-order valence-corrected chi connectivity index (χ4v) is 3.90. The maximum absolute atomic E-state index is 13.0. The van der Waals surface area contributed by atoms with Crippen LogP contribution in [0.2, 0.25) is 0 Å². The third kappa shape index (κ3) is 1.61. The van der Waals surface area contributed by atoms with Gasteiger partial charge in [0.15, 0.2) is 0 Å². The number of nitrogens with one attached hydrogen (secondary N) is 2. The van der Waals surface area contributed by atoms with Crippen molar-refractivity contribution >= 4 is 16.8 Å². The van der Waals surface area contributed by atoms with E-state index in [1.807, 2.05) is 30.5 Å². The minimum atomic E-state index is 0.172. The molecule has 2 saturated heterocycles. The maximum Gasteiger partial charge on any atom is 0.256 e. The summed E-state index contributed by atoms with van der Waals surface area (Å²) < 4.78 is 0. The highest BCUT2D eigenvalue weighted by molar-refractivity contribution is 6.07. The fourth-order valence-electron chi connectivity index (χ4n) is 3.90. The van der Waals surface area contributed by atoms with Gasteiger partial charge in [-0.2, -0.15) is 0 Å². The van der Waals surface area contributed by atoms with Crippen LogP contribution >= 0.6 is 0 Å². The molecule has 1 amide bonds. The van der Waals surface area contributed by atoms with Crippen molar-refractivity contribution in [3.63, 3.8) is 0 Å². The first-order valence-corrected chi connectivity index (χ1v) is 7.35. The number of likely N-dealkylation sites (tertiary alicyclic amines) is 1. The Labute approximate surface area is 118 Å². The van der Waals surface area contributed by atoms with Crippen LogP contribution in [-0.2, 0) is 0 Å². The average Bonchev–Trinajstić information content (AvgIpc) is 3.11. The number of H-pyrrole nitrogens is 1. The molecule has 2 aromatic rings. The van der Waals surface area contributed by atoms with Crippen LogP contribution < -0.4 is 5.32 Å². The van der Waals surface area contributed by atoms with E-state index < -0.39 is 0 Å². The van der Waals surface area contributed by atoms with E-state index in [9.17, 15) is 4.79 Å². The van der Waals surface area contributed by atoms with Crippen molar-refractivity contribution in [3.05, 3.63) is 36.0 Å². The summed E-state index contributed by atoms with van der Waals surface area (Å²) in [5.41, 5.74) is 1.84. The Hall–Kier alpha value is -1.81. The predicted molar refractivity (Wildman–Crippen MR) is 78.7 cm³/mol. The number of amides is 1. The Bertz CT molecular complexity index is 663. The van der Waals surface area contributed by atoms with Crippen LogP contribution in [-0.4, -0.2) is 41.0 Å². The summed E-state index contributed by atoms with van der Waals surface area (Å²) >= 11 is 0. The third-order valence-electron chi connectivity index (χ3n) is 4.83. The second-order valence-corrected chi connectivity index (χ2v) is 6.03. The minimum absolute atomic E-state index is 0.172. The molecule has 0 aliphatic carbocycles. The van der Waals surface area contributed by atoms with Crippen molar-refractivity contribution in [2.24, 2.45) is 5.92 Å². The topological polar surface area (TPSA) is 48.1 Å². The summed E-state index contributed by atoms with van der Waals surface area (Å²) in [6, 6.07) is 8.71. The first-order chi connectivity index (χ1) is 9.75. The monoisotopic (exact) mass is 269 g/mol. The number of aromatic amines is 1. The van der Waals surface area contributed by atoms with Crippen molar-refractivity contribution < 1.29 is 4.79 Å². The van der Waals surface area contributed by atoms with Crippen molar-refractivity contribution in [3.8, 4) is 0 Å². The number of nitrogens with zero attached hydrogens (tertiary/aromatic N) is 1. The molecule has 0 spiro atoms. The van der Waals surface area contributed by atoms with Gasteiger partial charge in [-0.3, -0.25) is 4.79 Å². The molecule has 3 atom stereocenters. The Morgan fingerprint density at radius 1 is 1.30 bits per heavy atom. The highest BCUT2D eigenvalue weighted by Crippen LogP contribution is 2.34. The number of hydrogen-bond acceptors (Lipinski definition) is 2. The van der Waals surface area contributed by atoms with E-state index in [4.69, 9.17) is 0 Å². The number of carbonyl (C=O) groups is 1. The maximum atomic E-state index is 13.0. The van der Waals surface area contributed by atoms with Crippen LogP contribution in [0.3, 0.4) is 0 Å². The Balaban J connectivity index is 1.73. The molecule has 3 heterocycles. The van der Waals surface area contributed by atoms with E-state index in [0.29, 0.717) is 18.0 Å². The number of aromatic nitrogens is 1. The lowest BCUT2D eigenvalue weighted by Gasteiger charge is -2.27. The zero-order chi connectivity index (χ0) is 13.7. The molecule has 3 unspecified atom stereocenters. The van der Waals surface area contributed by atoms with Crippen LogP contribution in [0.15, 0.2) is 30.5 Å². The zero-order valence-electron chi connectivity index (χ0n) is 11.6. The van der Waals surface area contributed by atoms with Gasteiger partial charge in [-0.25, -0.2) is 0 Å². The number of benzene rings is 1. The second kappa shape index (κ2) is 4.35. The molecule has 0 radical (unpaired) electrons. The number of rotatable bonds is 1. The van der Waals surface area contributed by atoms with Crippen LogP contribution in [0.25, 0.3) is 10.9 Å². The highest BCUT2D eigenvalue weighted by Gasteiger charge is 2.44. The summed E-state index contributed by atoms with van der Waals surface area (Å²) in [6.07, 6.45) is 2.97. The van der Waals surface area contributed by atoms with E-state index in [-0.39, 0.29) is 5.91 Å². The molecule has 0 saturated carbocycles. The molecule has 2 aliphatic heterocycles. The standard InChI is InChI=1S/C16H19N3O/c1-10-6-11-7-17-9-15(11)19(10)16(20)13-8-18-14-5-3-2-4-12(13)14/h2-5,8,10-11,15,17-18H,6-7,9H2,1H3. The van der Waals surface area contributed by atoms with Gasteiger partial charge in [-0.1, -0.05) is 18.2 Å². The molecule has 4 rings (SSSR count). The number of hydrogen-bond donors (Lipinski definition) is 2.